The average molecular weight is 284 g/mol. The zero-order valence-corrected chi connectivity index (χ0v) is 11.2. The van der Waals surface area contributed by atoms with Gasteiger partial charge in [0.15, 0.2) is 0 Å². The van der Waals surface area contributed by atoms with Gasteiger partial charge in [0, 0.05) is 25.1 Å². The third-order valence-corrected chi connectivity index (χ3v) is 3.64. The molecular weight excluding hydrogens is 270 g/mol. The van der Waals surface area contributed by atoms with Crippen LogP contribution in [0.2, 0.25) is 5.15 Å². The molecule has 2 N–H and O–H groups in total. The molecule has 1 saturated heterocycles. The predicted molar refractivity (Wildman–Crippen MR) is 69.4 cm³/mol. The second kappa shape index (κ2) is 4.59. The molecule has 1 atom stereocenters. The fourth-order valence-electron chi connectivity index (χ4n) is 2.09. The maximum atomic E-state index is 10.3. The minimum atomic E-state index is -0.852. The van der Waals surface area contributed by atoms with E-state index in [1.54, 1.807) is 4.52 Å². The third-order valence-electron chi connectivity index (χ3n) is 3.27. The monoisotopic (exact) mass is 283 g/mol. The SMILES string of the molecule is Cc1c(Cl)nc2ncnn2c1NCC1(O)CCOC1. The van der Waals surface area contributed by atoms with Gasteiger partial charge in [-0.05, 0) is 6.92 Å². The summed E-state index contributed by atoms with van der Waals surface area (Å²) in [5.74, 6) is 1.11. The van der Waals surface area contributed by atoms with E-state index < -0.39 is 5.60 Å². The van der Waals surface area contributed by atoms with Crippen molar-refractivity contribution in [3.8, 4) is 0 Å². The molecule has 2 aromatic heterocycles. The molecule has 0 amide bonds. The smallest absolute Gasteiger partial charge is 0.255 e. The van der Waals surface area contributed by atoms with Crippen molar-refractivity contribution >= 4 is 23.2 Å². The first-order valence-corrected chi connectivity index (χ1v) is 6.37. The number of halogens is 1. The molecule has 1 fully saturated rings. The summed E-state index contributed by atoms with van der Waals surface area (Å²) in [6.07, 6.45) is 2.02. The quantitative estimate of drug-likeness (QED) is 0.805. The van der Waals surface area contributed by atoms with Gasteiger partial charge >= 0.3 is 0 Å². The van der Waals surface area contributed by atoms with E-state index in [-0.39, 0.29) is 0 Å². The molecule has 0 radical (unpaired) electrons. The third kappa shape index (κ3) is 2.24. The van der Waals surface area contributed by atoms with Crippen molar-refractivity contribution in [2.75, 3.05) is 25.1 Å². The number of hydrogen-bond donors (Lipinski definition) is 2. The molecule has 1 aliphatic rings. The topological polar surface area (TPSA) is 84.6 Å². The number of rotatable bonds is 3. The lowest BCUT2D eigenvalue weighted by atomic mass is 10.0. The summed E-state index contributed by atoms with van der Waals surface area (Å²) in [5.41, 5.74) is -0.0862. The first-order chi connectivity index (χ1) is 9.09. The molecule has 7 nitrogen and oxygen atoms in total. The van der Waals surface area contributed by atoms with Crippen LogP contribution < -0.4 is 5.32 Å². The number of anilines is 1. The van der Waals surface area contributed by atoms with Crippen LogP contribution in [0, 0.1) is 6.92 Å². The lowest BCUT2D eigenvalue weighted by Crippen LogP contribution is -2.37. The number of ether oxygens (including phenoxy) is 1. The molecule has 0 bridgehead atoms. The van der Waals surface area contributed by atoms with Crippen molar-refractivity contribution in [2.24, 2.45) is 0 Å². The van der Waals surface area contributed by atoms with E-state index in [1.807, 2.05) is 6.92 Å². The summed E-state index contributed by atoms with van der Waals surface area (Å²) in [7, 11) is 0. The highest BCUT2D eigenvalue weighted by atomic mass is 35.5. The first kappa shape index (κ1) is 12.6. The molecule has 3 heterocycles. The van der Waals surface area contributed by atoms with Crippen molar-refractivity contribution in [3.05, 3.63) is 17.0 Å². The average Bonchev–Trinajstić information content (AvgIpc) is 2.99. The summed E-state index contributed by atoms with van der Waals surface area (Å²) in [6.45, 7) is 3.11. The number of aromatic nitrogens is 4. The fourth-order valence-corrected chi connectivity index (χ4v) is 2.25. The Morgan fingerprint density at radius 3 is 3.21 bits per heavy atom. The van der Waals surface area contributed by atoms with E-state index in [0.29, 0.717) is 42.9 Å². The molecule has 102 valence electrons. The normalized spacial score (nSPS) is 23.1. The predicted octanol–water partition coefficient (Wildman–Crippen LogP) is 0.649. The molecule has 3 rings (SSSR count). The maximum absolute atomic E-state index is 10.3. The Balaban J connectivity index is 1.91. The molecule has 0 aromatic carbocycles. The van der Waals surface area contributed by atoms with Gasteiger partial charge in [0.1, 0.15) is 22.9 Å². The molecule has 0 saturated carbocycles. The first-order valence-electron chi connectivity index (χ1n) is 5.99. The molecule has 1 unspecified atom stereocenters. The van der Waals surface area contributed by atoms with Crippen molar-refractivity contribution < 1.29 is 9.84 Å². The summed E-state index contributed by atoms with van der Waals surface area (Å²) < 4.78 is 6.78. The van der Waals surface area contributed by atoms with E-state index in [2.05, 4.69) is 20.4 Å². The van der Waals surface area contributed by atoms with Gasteiger partial charge in [0.2, 0.25) is 0 Å². The molecule has 0 spiro atoms. The highest BCUT2D eigenvalue weighted by molar-refractivity contribution is 6.30. The molecular formula is C11H14ClN5O2. The summed E-state index contributed by atoms with van der Waals surface area (Å²) in [6, 6.07) is 0. The van der Waals surface area contributed by atoms with Crippen LogP contribution in [0.25, 0.3) is 5.78 Å². The zero-order valence-electron chi connectivity index (χ0n) is 10.4. The van der Waals surface area contributed by atoms with E-state index in [0.717, 1.165) is 5.56 Å². The Hall–Kier alpha value is -1.44. The van der Waals surface area contributed by atoms with Gasteiger partial charge in [-0.1, -0.05) is 11.6 Å². The van der Waals surface area contributed by atoms with Crippen LogP contribution >= 0.6 is 11.6 Å². The van der Waals surface area contributed by atoms with Crippen LogP contribution in [0.5, 0.6) is 0 Å². The second-order valence-electron chi connectivity index (χ2n) is 4.73. The van der Waals surface area contributed by atoms with Gasteiger partial charge < -0.3 is 15.2 Å². The Labute approximate surface area is 114 Å². The molecule has 19 heavy (non-hydrogen) atoms. The van der Waals surface area contributed by atoms with Gasteiger partial charge in [-0.25, -0.2) is 0 Å². The fraction of sp³-hybridized carbons (Fsp3) is 0.545. The van der Waals surface area contributed by atoms with Crippen LogP contribution in [0.3, 0.4) is 0 Å². The van der Waals surface area contributed by atoms with E-state index >= 15 is 0 Å². The summed E-state index contributed by atoms with van der Waals surface area (Å²) in [5, 5.41) is 17.9. The van der Waals surface area contributed by atoms with Crippen molar-refractivity contribution in [1.82, 2.24) is 19.6 Å². The molecule has 8 heteroatoms. The minimum absolute atomic E-state index is 0.332. The van der Waals surface area contributed by atoms with Gasteiger partial charge in [0.05, 0.1) is 6.61 Å². The molecule has 2 aromatic rings. The number of fused-ring (bicyclic) bond motifs is 1. The van der Waals surface area contributed by atoms with Gasteiger partial charge in [-0.15, -0.1) is 0 Å². The van der Waals surface area contributed by atoms with E-state index in [1.165, 1.54) is 6.33 Å². The van der Waals surface area contributed by atoms with Crippen LogP contribution in [0.4, 0.5) is 5.82 Å². The lowest BCUT2D eigenvalue weighted by Gasteiger charge is -2.22. The summed E-state index contributed by atoms with van der Waals surface area (Å²) >= 11 is 6.06. The van der Waals surface area contributed by atoms with Crippen molar-refractivity contribution in [1.29, 1.82) is 0 Å². The number of hydrogen-bond acceptors (Lipinski definition) is 6. The number of nitrogens with one attached hydrogen (secondary N) is 1. The Kier molecular flexibility index (Phi) is 3.04. The van der Waals surface area contributed by atoms with Crippen LogP contribution in [-0.4, -0.2) is 50.0 Å². The standard InChI is InChI=1S/C11H14ClN5O2/c1-7-8(12)16-10-14-6-15-17(10)9(7)13-4-11(18)2-3-19-5-11/h6,13,18H,2-5H2,1H3. The van der Waals surface area contributed by atoms with Gasteiger partial charge in [-0.2, -0.15) is 19.6 Å². The zero-order chi connectivity index (χ0) is 13.5. The Morgan fingerprint density at radius 2 is 2.47 bits per heavy atom. The highest BCUT2D eigenvalue weighted by Crippen LogP contribution is 2.24. The van der Waals surface area contributed by atoms with Crippen LogP contribution in [0.15, 0.2) is 6.33 Å². The number of nitrogens with zero attached hydrogens (tertiary/aromatic N) is 4. The Morgan fingerprint density at radius 1 is 1.63 bits per heavy atom. The van der Waals surface area contributed by atoms with Crippen LogP contribution in [-0.2, 0) is 4.74 Å². The molecule has 0 aliphatic carbocycles. The van der Waals surface area contributed by atoms with Crippen LogP contribution in [0.1, 0.15) is 12.0 Å². The minimum Gasteiger partial charge on any atom is -0.386 e. The largest absolute Gasteiger partial charge is 0.386 e. The second-order valence-corrected chi connectivity index (χ2v) is 5.09. The lowest BCUT2D eigenvalue weighted by molar-refractivity contribution is 0.0381. The van der Waals surface area contributed by atoms with Gasteiger partial charge in [-0.3, -0.25) is 0 Å². The maximum Gasteiger partial charge on any atom is 0.255 e. The number of aliphatic hydroxyl groups is 1. The highest BCUT2D eigenvalue weighted by Gasteiger charge is 2.32. The van der Waals surface area contributed by atoms with Crippen molar-refractivity contribution in [3.63, 3.8) is 0 Å². The van der Waals surface area contributed by atoms with E-state index in [9.17, 15) is 5.11 Å². The van der Waals surface area contributed by atoms with Crippen molar-refractivity contribution in [2.45, 2.75) is 18.9 Å². The van der Waals surface area contributed by atoms with E-state index in [4.69, 9.17) is 16.3 Å². The Bertz CT molecular complexity index is 608. The van der Waals surface area contributed by atoms with Gasteiger partial charge in [0.25, 0.3) is 5.78 Å². The summed E-state index contributed by atoms with van der Waals surface area (Å²) in [4.78, 5) is 8.13. The molecule has 1 aliphatic heterocycles.